The second-order valence-electron chi connectivity index (χ2n) is 5.94. The Hall–Kier alpha value is -0.750. The van der Waals surface area contributed by atoms with Crippen molar-refractivity contribution in [3.8, 4) is 0 Å². The van der Waals surface area contributed by atoms with E-state index in [9.17, 15) is 8.78 Å². The van der Waals surface area contributed by atoms with Crippen molar-refractivity contribution in [3.63, 3.8) is 0 Å². The zero-order chi connectivity index (χ0) is 15.5. The predicted molar refractivity (Wildman–Crippen MR) is 82.1 cm³/mol. The molecule has 0 unspecified atom stereocenters. The molecule has 0 amide bonds. The van der Waals surface area contributed by atoms with Crippen LogP contribution in [0.4, 0.5) is 8.78 Å². The number of benzene rings is 1. The summed E-state index contributed by atoms with van der Waals surface area (Å²) in [5.41, 5.74) is 0.126. The van der Waals surface area contributed by atoms with Gasteiger partial charge in [-0.2, -0.15) is 0 Å². The van der Waals surface area contributed by atoms with Crippen LogP contribution in [-0.4, -0.2) is 44.3 Å². The highest BCUT2D eigenvalue weighted by Crippen LogP contribution is 2.39. The molecule has 2 aliphatic heterocycles. The van der Waals surface area contributed by atoms with E-state index in [0.717, 1.165) is 39.0 Å². The van der Waals surface area contributed by atoms with E-state index >= 15 is 0 Å². The van der Waals surface area contributed by atoms with Gasteiger partial charge in [0.05, 0.1) is 5.02 Å². The highest BCUT2D eigenvalue weighted by Gasteiger charge is 2.35. The van der Waals surface area contributed by atoms with Crippen LogP contribution < -0.4 is 5.32 Å². The predicted octanol–water partition coefficient (Wildman–Crippen LogP) is 2.99. The number of ether oxygens (including phenoxy) is 1. The number of hydrogen-bond acceptors (Lipinski definition) is 3. The fourth-order valence-corrected chi connectivity index (χ4v) is 3.69. The molecule has 2 aliphatic rings. The number of piperazine rings is 1. The second-order valence-corrected chi connectivity index (χ2v) is 6.34. The lowest BCUT2D eigenvalue weighted by Crippen LogP contribution is -2.48. The van der Waals surface area contributed by atoms with Gasteiger partial charge >= 0.3 is 0 Å². The van der Waals surface area contributed by atoms with E-state index in [0.29, 0.717) is 13.2 Å². The molecule has 1 aromatic carbocycles. The van der Waals surface area contributed by atoms with Crippen molar-refractivity contribution in [2.75, 3.05) is 39.4 Å². The summed E-state index contributed by atoms with van der Waals surface area (Å²) in [6.07, 6.45) is 1.64. The quantitative estimate of drug-likeness (QED) is 0.862. The minimum atomic E-state index is -0.614. The molecule has 0 aromatic heterocycles. The van der Waals surface area contributed by atoms with Crippen molar-refractivity contribution in [2.24, 2.45) is 5.92 Å². The molecule has 6 heteroatoms. The van der Waals surface area contributed by atoms with E-state index in [2.05, 4.69) is 10.2 Å². The smallest absolute Gasteiger partial charge is 0.149 e. The molecule has 0 saturated carbocycles. The summed E-state index contributed by atoms with van der Waals surface area (Å²) in [6, 6.07) is 2.29. The van der Waals surface area contributed by atoms with Crippen LogP contribution in [0.3, 0.4) is 0 Å². The van der Waals surface area contributed by atoms with Crippen LogP contribution in [-0.2, 0) is 4.74 Å². The lowest BCUT2D eigenvalue weighted by Gasteiger charge is -2.41. The van der Waals surface area contributed by atoms with Gasteiger partial charge in [-0.1, -0.05) is 11.6 Å². The average Bonchev–Trinajstić information content (AvgIpc) is 2.57. The van der Waals surface area contributed by atoms with Gasteiger partial charge in [0.15, 0.2) is 0 Å². The molecular weight excluding hydrogens is 310 g/mol. The summed E-state index contributed by atoms with van der Waals surface area (Å²) in [6.45, 7) is 4.54. The topological polar surface area (TPSA) is 24.5 Å². The summed E-state index contributed by atoms with van der Waals surface area (Å²) < 4.78 is 34.4. The molecular formula is C16H21ClF2N2O. The van der Waals surface area contributed by atoms with Crippen molar-refractivity contribution in [1.82, 2.24) is 10.2 Å². The zero-order valence-electron chi connectivity index (χ0n) is 12.5. The van der Waals surface area contributed by atoms with E-state index in [1.165, 1.54) is 12.1 Å². The highest BCUT2D eigenvalue weighted by atomic mass is 35.5. The fraction of sp³-hybridized carbons (Fsp3) is 0.625. The summed E-state index contributed by atoms with van der Waals surface area (Å²) in [7, 11) is 0. The Morgan fingerprint density at radius 1 is 1.18 bits per heavy atom. The van der Waals surface area contributed by atoms with Crippen LogP contribution in [0.2, 0.25) is 5.02 Å². The van der Waals surface area contributed by atoms with Gasteiger partial charge in [-0.15, -0.1) is 0 Å². The molecule has 1 N–H and O–H groups in total. The number of nitrogens with one attached hydrogen (secondary N) is 1. The van der Waals surface area contributed by atoms with Gasteiger partial charge in [-0.05, 0) is 30.9 Å². The maximum atomic E-state index is 14.6. The Morgan fingerprint density at radius 3 is 2.55 bits per heavy atom. The number of halogens is 3. The molecule has 3 rings (SSSR count). The Bertz CT molecular complexity index is 499. The molecule has 0 bridgehead atoms. The Balaban J connectivity index is 1.98. The van der Waals surface area contributed by atoms with Crippen LogP contribution in [0, 0.1) is 17.6 Å². The standard InChI is InChI=1S/C16H21ClF2N2O/c17-12-1-2-13(18)14(15(12)19)16(11-3-9-22-10-4-11)21-7-5-20-6-8-21/h1-2,11,16,20H,3-10H2/t16-/m1/s1. The van der Waals surface area contributed by atoms with E-state index in [1.807, 2.05) is 0 Å². The van der Waals surface area contributed by atoms with E-state index in [-0.39, 0.29) is 22.5 Å². The first kappa shape index (κ1) is 16.1. The third-order valence-corrected chi connectivity index (χ3v) is 4.92. The summed E-state index contributed by atoms with van der Waals surface area (Å²) in [5, 5.41) is 3.27. The first-order chi connectivity index (χ1) is 10.7. The third kappa shape index (κ3) is 3.27. The van der Waals surface area contributed by atoms with Gasteiger partial charge in [0.25, 0.3) is 0 Å². The lowest BCUT2D eigenvalue weighted by molar-refractivity contribution is 0.0192. The number of rotatable bonds is 3. The molecule has 0 aliphatic carbocycles. The largest absolute Gasteiger partial charge is 0.381 e. The zero-order valence-corrected chi connectivity index (χ0v) is 13.2. The normalized spacial score (nSPS) is 22.7. The van der Waals surface area contributed by atoms with E-state index < -0.39 is 11.6 Å². The molecule has 122 valence electrons. The molecule has 1 atom stereocenters. The number of nitrogens with zero attached hydrogens (tertiary/aromatic N) is 1. The fourth-order valence-electron chi connectivity index (χ4n) is 3.52. The SMILES string of the molecule is Fc1ccc(Cl)c(F)c1[C@@H](C1CCOCC1)N1CCNCC1. The maximum absolute atomic E-state index is 14.6. The van der Waals surface area contributed by atoms with Crippen LogP contribution in [0.15, 0.2) is 12.1 Å². The molecule has 1 aromatic rings. The molecule has 0 radical (unpaired) electrons. The van der Waals surface area contributed by atoms with Crippen LogP contribution in [0.5, 0.6) is 0 Å². The van der Waals surface area contributed by atoms with Crippen molar-refractivity contribution in [1.29, 1.82) is 0 Å². The minimum absolute atomic E-state index is 0.0106. The van der Waals surface area contributed by atoms with Gasteiger partial charge < -0.3 is 10.1 Å². The van der Waals surface area contributed by atoms with Gasteiger partial charge in [-0.3, -0.25) is 4.90 Å². The Morgan fingerprint density at radius 2 is 1.86 bits per heavy atom. The summed E-state index contributed by atoms with van der Waals surface area (Å²) in [4.78, 5) is 2.18. The minimum Gasteiger partial charge on any atom is -0.381 e. The maximum Gasteiger partial charge on any atom is 0.149 e. The van der Waals surface area contributed by atoms with Crippen molar-refractivity contribution < 1.29 is 13.5 Å². The van der Waals surface area contributed by atoms with E-state index in [1.54, 1.807) is 0 Å². The summed E-state index contributed by atoms with van der Waals surface area (Å²) >= 11 is 5.91. The summed E-state index contributed by atoms with van der Waals surface area (Å²) in [5.74, 6) is -0.928. The lowest BCUT2D eigenvalue weighted by atomic mass is 9.85. The van der Waals surface area contributed by atoms with Crippen LogP contribution in [0.25, 0.3) is 0 Å². The van der Waals surface area contributed by atoms with Gasteiger partial charge in [0, 0.05) is 51.0 Å². The average molecular weight is 331 g/mol. The molecule has 0 spiro atoms. The first-order valence-electron chi connectivity index (χ1n) is 7.84. The molecule has 2 heterocycles. The van der Waals surface area contributed by atoms with Gasteiger partial charge in [-0.25, -0.2) is 8.78 Å². The molecule has 2 saturated heterocycles. The van der Waals surface area contributed by atoms with E-state index in [4.69, 9.17) is 16.3 Å². The Labute approximate surface area is 134 Å². The molecule has 2 fully saturated rings. The highest BCUT2D eigenvalue weighted by molar-refractivity contribution is 6.30. The van der Waals surface area contributed by atoms with Crippen molar-refractivity contribution in [2.45, 2.75) is 18.9 Å². The molecule has 22 heavy (non-hydrogen) atoms. The van der Waals surface area contributed by atoms with Gasteiger partial charge in [0.2, 0.25) is 0 Å². The number of hydrogen-bond donors (Lipinski definition) is 1. The van der Waals surface area contributed by atoms with Crippen LogP contribution in [0.1, 0.15) is 24.4 Å². The third-order valence-electron chi connectivity index (χ3n) is 4.63. The van der Waals surface area contributed by atoms with Crippen LogP contribution >= 0.6 is 11.6 Å². The van der Waals surface area contributed by atoms with Crippen molar-refractivity contribution >= 4 is 11.6 Å². The monoisotopic (exact) mass is 330 g/mol. The molecule has 3 nitrogen and oxygen atoms in total. The van der Waals surface area contributed by atoms with Crippen molar-refractivity contribution in [3.05, 3.63) is 34.4 Å². The first-order valence-corrected chi connectivity index (χ1v) is 8.22. The van der Waals surface area contributed by atoms with Gasteiger partial charge in [0.1, 0.15) is 11.6 Å². The Kier molecular flexibility index (Phi) is 5.29. The second kappa shape index (κ2) is 7.21.